The Balaban J connectivity index is 2.95. The van der Waals surface area contributed by atoms with Crippen molar-refractivity contribution in [2.45, 2.75) is 33.2 Å². The van der Waals surface area contributed by atoms with Crippen LogP contribution in [-0.4, -0.2) is 4.57 Å². The van der Waals surface area contributed by atoms with Gasteiger partial charge in [0, 0.05) is 22.4 Å². The first-order valence-electron chi connectivity index (χ1n) is 4.51. The van der Waals surface area contributed by atoms with Gasteiger partial charge in [-0.25, -0.2) is 0 Å². The van der Waals surface area contributed by atoms with Crippen molar-refractivity contribution in [3.05, 3.63) is 31.8 Å². The van der Waals surface area contributed by atoms with Gasteiger partial charge in [0.15, 0.2) is 0 Å². The van der Waals surface area contributed by atoms with Gasteiger partial charge >= 0.3 is 0 Å². The van der Waals surface area contributed by atoms with E-state index in [1.54, 1.807) is 10.6 Å². The first-order valence-corrected chi connectivity index (χ1v) is 5.59. The van der Waals surface area contributed by atoms with Crippen molar-refractivity contribution in [1.82, 2.24) is 4.57 Å². The zero-order valence-electron chi connectivity index (χ0n) is 8.01. The molecule has 13 heavy (non-hydrogen) atoms. The molecule has 72 valence electrons. The van der Waals surface area contributed by atoms with E-state index in [-0.39, 0.29) is 5.56 Å². The van der Waals surface area contributed by atoms with Gasteiger partial charge in [0.25, 0.3) is 5.56 Å². The van der Waals surface area contributed by atoms with Gasteiger partial charge in [-0.05, 0) is 41.5 Å². The maximum atomic E-state index is 11.5. The zero-order valence-corrected chi connectivity index (χ0v) is 10.2. The average Bonchev–Trinajstić information content (AvgIpc) is 2.09. The molecule has 0 unspecified atom stereocenters. The van der Waals surface area contributed by atoms with Crippen LogP contribution in [0.25, 0.3) is 0 Å². The second-order valence-corrected chi connectivity index (χ2v) is 4.35. The molecule has 0 aromatic carbocycles. The van der Waals surface area contributed by atoms with E-state index in [2.05, 4.69) is 29.5 Å². The number of rotatable bonds is 3. The van der Waals surface area contributed by atoms with E-state index in [0.29, 0.717) is 0 Å². The Morgan fingerprint density at radius 3 is 2.85 bits per heavy atom. The summed E-state index contributed by atoms with van der Waals surface area (Å²) in [6, 6.07) is 1.71. The van der Waals surface area contributed by atoms with E-state index in [1.165, 1.54) is 0 Å². The summed E-state index contributed by atoms with van der Waals surface area (Å²) in [5, 5.41) is 0. The van der Waals surface area contributed by atoms with Crippen molar-refractivity contribution in [2.75, 3.05) is 0 Å². The van der Waals surface area contributed by atoms with E-state index < -0.39 is 0 Å². The van der Waals surface area contributed by atoms with Crippen LogP contribution in [0, 0.1) is 10.5 Å². The SMILES string of the molecule is CCCCn1cc(I)c(C)cc1=O. The number of aryl methyl sites for hydroxylation is 2. The monoisotopic (exact) mass is 291 g/mol. The lowest BCUT2D eigenvalue weighted by Gasteiger charge is -2.06. The molecular formula is C10H14INO. The largest absolute Gasteiger partial charge is 0.314 e. The summed E-state index contributed by atoms with van der Waals surface area (Å²) in [7, 11) is 0. The quantitative estimate of drug-likeness (QED) is 0.785. The van der Waals surface area contributed by atoms with Crippen LogP contribution < -0.4 is 5.56 Å². The normalized spacial score (nSPS) is 10.4. The van der Waals surface area contributed by atoms with Crippen LogP contribution in [0.2, 0.25) is 0 Å². The lowest BCUT2D eigenvalue weighted by molar-refractivity contribution is 0.610. The molecule has 1 heterocycles. The molecule has 0 aliphatic rings. The van der Waals surface area contributed by atoms with Crippen LogP contribution in [0.1, 0.15) is 25.3 Å². The van der Waals surface area contributed by atoms with Crippen LogP contribution in [0.3, 0.4) is 0 Å². The minimum atomic E-state index is 0.117. The van der Waals surface area contributed by atoms with E-state index in [9.17, 15) is 4.79 Å². The van der Waals surface area contributed by atoms with Gasteiger partial charge in [-0.15, -0.1) is 0 Å². The van der Waals surface area contributed by atoms with Gasteiger partial charge in [0.1, 0.15) is 0 Å². The van der Waals surface area contributed by atoms with Crippen LogP contribution in [0.15, 0.2) is 17.1 Å². The molecular weight excluding hydrogens is 277 g/mol. The van der Waals surface area contributed by atoms with Crippen LogP contribution in [0.5, 0.6) is 0 Å². The highest BCUT2D eigenvalue weighted by molar-refractivity contribution is 14.1. The van der Waals surface area contributed by atoms with Crippen molar-refractivity contribution in [3.8, 4) is 0 Å². The lowest BCUT2D eigenvalue weighted by Crippen LogP contribution is -2.19. The Kier molecular flexibility index (Phi) is 3.96. The fourth-order valence-corrected chi connectivity index (χ4v) is 1.63. The third kappa shape index (κ3) is 2.83. The molecule has 0 saturated heterocycles. The Labute approximate surface area is 92.1 Å². The van der Waals surface area contributed by atoms with Gasteiger partial charge in [0.2, 0.25) is 0 Å². The predicted octanol–water partition coefficient (Wildman–Crippen LogP) is 2.56. The number of unbranched alkanes of at least 4 members (excludes halogenated alkanes) is 1. The molecule has 1 aromatic heterocycles. The molecule has 0 radical (unpaired) electrons. The first-order chi connectivity index (χ1) is 6.15. The molecule has 2 nitrogen and oxygen atoms in total. The molecule has 0 N–H and O–H groups in total. The number of pyridine rings is 1. The Bertz CT molecular complexity index is 343. The maximum absolute atomic E-state index is 11.5. The van der Waals surface area contributed by atoms with Crippen molar-refractivity contribution in [1.29, 1.82) is 0 Å². The number of nitrogens with zero attached hydrogens (tertiary/aromatic N) is 1. The third-order valence-corrected chi connectivity index (χ3v) is 3.15. The molecule has 0 saturated carbocycles. The molecule has 3 heteroatoms. The first kappa shape index (κ1) is 10.8. The summed E-state index contributed by atoms with van der Waals surface area (Å²) < 4.78 is 2.95. The summed E-state index contributed by atoms with van der Waals surface area (Å²) in [4.78, 5) is 11.5. The highest BCUT2D eigenvalue weighted by atomic mass is 127. The van der Waals surface area contributed by atoms with E-state index in [1.807, 2.05) is 13.1 Å². The minimum Gasteiger partial charge on any atom is -0.314 e. The van der Waals surface area contributed by atoms with E-state index in [4.69, 9.17) is 0 Å². The standard InChI is InChI=1S/C10H14INO/c1-3-4-5-12-7-9(11)8(2)6-10(12)13/h6-7H,3-5H2,1-2H3. The Hall–Kier alpha value is -0.320. The molecule has 0 aliphatic carbocycles. The van der Waals surface area contributed by atoms with Crippen molar-refractivity contribution >= 4 is 22.6 Å². The van der Waals surface area contributed by atoms with Crippen LogP contribution >= 0.6 is 22.6 Å². The van der Waals surface area contributed by atoms with Crippen molar-refractivity contribution in [2.24, 2.45) is 0 Å². The van der Waals surface area contributed by atoms with Crippen molar-refractivity contribution < 1.29 is 0 Å². The van der Waals surface area contributed by atoms with Gasteiger partial charge < -0.3 is 4.57 Å². The highest BCUT2D eigenvalue weighted by Gasteiger charge is 1.99. The maximum Gasteiger partial charge on any atom is 0.250 e. The van der Waals surface area contributed by atoms with Crippen LogP contribution in [-0.2, 0) is 6.54 Å². The number of hydrogen-bond acceptors (Lipinski definition) is 1. The van der Waals surface area contributed by atoms with E-state index >= 15 is 0 Å². The second kappa shape index (κ2) is 4.79. The molecule has 0 aliphatic heterocycles. The molecule has 0 bridgehead atoms. The number of hydrogen-bond donors (Lipinski definition) is 0. The van der Waals surface area contributed by atoms with Gasteiger partial charge in [0.05, 0.1) is 0 Å². The molecule has 0 atom stereocenters. The third-order valence-electron chi connectivity index (χ3n) is 2.02. The second-order valence-electron chi connectivity index (χ2n) is 3.19. The van der Waals surface area contributed by atoms with Gasteiger partial charge in [-0.3, -0.25) is 4.79 Å². The summed E-state index contributed by atoms with van der Waals surface area (Å²) in [6.07, 6.45) is 4.13. The van der Waals surface area contributed by atoms with Crippen LogP contribution in [0.4, 0.5) is 0 Å². The van der Waals surface area contributed by atoms with Gasteiger partial charge in [-0.2, -0.15) is 0 Å². The molecule has 0 fully saturated rings. The summed E-state index contributed by atoms with van der Waals surface area (Å²) in [5.74, 6) is 0. The van der Waals surface area contributed by atoms with E-state index in [0.717, 1.165) is 28.5 Å². The summed E-state index contributed by atoms with van der Waals surface area (Å²) in [6.45, 7) is 4.93. The minimum absolute atomic E-state index is 0.117. The fraction of sp³-hybridized carbons (Fsp3) is 0.500. The molecule has 0 spiro atoms. The van der Waals surface area contributed by atoms with Crippen molar-refractivity contribution in [3.63, 3.8) is 0 Å². The topological polar surface area (TPSA) is 22.0 Å². The number of aromatic nitrogens is 1. The highest BCUT2D eigenvalue weighted by Crippen LogP contribution is 2.07. The molecule has 0 amide bonds. The smallest absolute Gasteiger partial charge is 0.250 e. The summed E-state index contributed by atoms with van der Waals surface area (Å²) in [5.41, 5.74) is 1.18. The van der Waals surface area contributed by atoms with Gasteiger partial charge in [-0.1, -0.05) is 13.3 Å². The Morgan fingerprint density at radius 1 is 1.54 bits per heavy atom. The zero-order chi connectivity index (χ0) is 9.84. The fourth-order valence-electron chi connectivity index (χ4n) is 1.14. The number of halogens is 1. The average molecular weight is 291 g/mol. The molecule has 1 aromatic rings. The summed E-state index contributed by atoms with van der Waals surface area (Å²) >= 11 is 2.26. The molecule has 1 rings (SSSR count). The lowest BCUT2D eigenvalue weighted by atomic mass is 10.3. The Morgan fingerprint density at radius 2 is 2.23 bits per heavy atom. The predicted molar refractivity (Wildman–Crippen MR) is 63.1 cm³/mol.